The first kappa shape index (κ1) is 58.4. The van der Waals surface area contributed by atoms with Crippen LogP contribution in [-0.4, -0.2) is 37.2 Å². The molecule has 0 aromatic rings. The number of esters is 3. The van der Waals surface area contributed by atoms with E-state index >= 15 is 0 Å². The predicted octanol–water partition coefficient (Wildman–Crippen LogP) is 17.3. The average molecular weight is 849 g/mol. The number of rotatable bonds is 48. The molecule has 0 N–H and O–H groups in total. The first-order chi connectivity index (χ1) is 29.2. The van der Waals surface area contributed by atoms with Gasteiger partial charge in [-0.3, -0.25) is 14.4 Å². The monoisotopic (exact) mass is 849 g/mol. The van der Waals surface area contributed by atoms with Crippen LogP contribution in [0.4, 0.5) is 0 Å². The highest BCUT2D eigenvalue weighted by atomic mass is 16.6. The molecule has 0 heterocycles. The molecule has 0 aliphatic carbocycles. The number of hydrogen-bond acceptors (Lipinski definition) is 6. The Morgan fingerprint density at radius 2 is 0.550 bits per heavy atom. The SMILES string of the molecule is CCCCCCCCCCCCCCCCCCC(=O)OC[C@@H](COC(=O)CCCCCCCCCCCCCCCCC(C)C)OC(=O)CCCCCCCCC(C)C. The molecule has 6 heteroatoms. The summed E-state index contributed by atoms with van der Waals surface area (Å²) in [6.45, 7) is 11.3. The van der Waals surface area contributed by atoms with Crippen molar-refractivity contribution in [2.75, 3.05) is 13.2 Å². The summed E-state index contributed by atoms with van der Waals surface area (Å²) in [5.74, 6) is 0.753. The molecule has 0 aliphatic rings. The molecular weight excluding hydrogens is 745 g/mol. The number of carbonyl (C=O) groups is 3. The number of ether oxygens (including phenoxy) is 3. The number of unbranched alkanes of at least 4 members (excludes halogenated alkanes) is 33. The Kier molecular flexibility index (Phi) is 45.7. The third-order valence-corrected chi connectivity index (χ3v) is 12.2. The lowest BCUT2D eigenvalue weighted by molar-refractivity contribution is -0.167. The largest absolute Gasteiger partial charge is 0.462 e. The van der Waals surface area contributed by atoms with Gasteiger partial charge in [-0.25, -0.2) is 0 Å². The highest BCUT2D eigenvalue weighted by Gasteiger charge is 2.19. The van der Waals surface area contributed by atoms with E-state index in [2.05, 4.69) is 34.6 Å². The fourth-order valence-corrected chi connectivity index (χ4v) is 8.17. The van der Waals surface area contributed by atoms with Crippen LogP contribution in [0.25, 0.3) is 0 Å². The molecule has 0 saturated heterocycles. The number of carbonyl (C=O) groups excluding carboxylic acids is 3. The summed E-state index contributed by atoms with van der Waals surface area (Å²) in [5, 5.41) is 0. The van der Waals surface area contributed by atoms with Crippen LogP contribution in [-0.2, 0) is 28.6 Å². The molecule has 0 fully saturated rings. The van der Waals surface area contributed by atoms with E-state index in [9.17, 15) is 14.4 Å². The third-order valence-electron chi connectivity index (χ3n) is 12.2. The van der Waals surface area contributed by atoms with Crippen LogP contribution in [0, 0.1) is 11.8 Å². The summed E-state index contributed by atoms with van der Waals surface area (Å²) < 4.78 is 16.8. The Bertz CT molecular complexity index is 916. The first-order valence-corrected chi connectivity index (χ1v) is 26.7. The molecule has 356 valence electrons. The van der Waals surface area contributed by atoms with Crippen LogP contribution >= 0.6 is 0 Å². The van der Waals surface area contributed by atoms with E-state index in [1.165, 1.54) is 186 Å². The molecule has 0 bridgehead atoms. The summed E-state index contributed by atoms with van der Waals surface area (Å²) in [6, 6.07) is 0. The fourth-order valence-electron chi connectivity index (χ4n) is 8.17. The lowest BCUT2D eigenvalue weighted by Gasteiger charge is -2.18. The van der Waals surface area contributed by atoms with Gasteiger partial charge in [-0.15, -0.1) is 0 Å². The van der Waals surface area contributed by atoms with Crippen molar-refractivity contribution in [1.29, 1.82) is 0 Å². The smallest absolute Gasteiger partial charge is 0.306 e. The zero-order chi connectivity index (χ0) is 44.0. The van der Waals surface area contributed by atoms with Gasteiger partial charge in [0.25, 0.3) is 0 Å². The lowest BCUT2D eigenvalue weighted by Crippen LogP contribution is -2.30. The molecule has 6 nitrogen and oxygen atoms in total. The molecule has 1 atom stereocenters. The van der Waals surface area contributed by atoms with Gasteiger partial charge in [0.05, 0.1) is 0 Å². The van der Waals surface area contributed by atoms with E-state index in [-0.39, 0.29) is 31.1 Å². The zero-order valence-electron chi connectivity index (χ0n) is 41.1. The van der Waals surface area contributed by atoms with E-state index in [1.807, 2.05) is 0 Å². The summed E-state index contributed by atoms with van der Waals surface area (Å²) in [7, 11) is 0. The van der Waals surface area contributed by atoms with Crippen LogP contribution in [0.1, 0.15) is 298 Å². The molecule has 60 heavy (non-hydrogen) atoms. The summed E-state index contributed by atoms with van der Waals surface area (Å²) in [5.41, 5.74) is 0. The van der Waals surface area contributed by atoms with E-state index in [0.29, 0.717) is 19.3 Å². The minimum atomic E-state index is -0.762. The summed E-state index contributed by atoms with van der Waals surface area (Å²) in [6.07, 6.45) is 48.2. The molecule has 0 aromatic heterocycles. The maximum absolute atomic E-state index is 12.7. The second-order valence-corrected chi connectivity index (χ2v) is 19.5. The molecule has 0 rings (SSSR count). The lowest BCUT2D eigenvalue weighted by atomic mass is 10.0. The topological polar surface area (TPSA) is 78.9 Å². The minimum absolute atomic E-state index is 0.0645. The van der Waals surface area contributed by atoms with Crippen LogP contribution in [0.5, 0.6) is 0 Å². The van der Waals surface area contributed by atoms with Gasteiger partial charge in [0.2, 0.25) is 0 Å². The predicted molar refractivity (Wildman–Crippen MR) is 256 cm³/mol. The quantitative estimate of drug-likeness (QED) is 0.0345. The fraction of sp³-hybridized carbons (Fsp3) is 0.944. The minimum Gasteiger partial charge on any atom is -0.462 e. The molecule has 0 aromatic carbocycles. The molecule has 0 amide bonds. The van der Waals surface area contributed by atoms with Gasteiger partial charge in [-0.2, -0.15) is 0 Å². The average Bonchev–Trinajstić information content (AvgIpc) is 3.22. The highest BCUT2D eigenvalue weighted by Crippen LogP contribution is 2.17. The van der Waals surface area contributed by atoms with Crippen LogP contribution in [0.2, 0.25) is 0 Å². The van der Waals surface area contributed by atoms with Crippen molar-refractivity contribution in [1.82, 2.24) is 0 Å². The maximum atomic E-state index is 12.7. The molecule has 0 aliphatic heterocycles. The van der Waals surface area contributed by atoms with E-state index < -0.39 is 6.10 Å². The van der Waals surface area contributed by atoms with Gasteiger partial charge in [0, 0.05) is 19.3 Å². The van der Waals surface area contributed by atoms with Crippen molar-refractivity contribution < 1.29 is 28.6 Å². The van der Waals surface area contributed by atoms with E-state index in [0.717, 1.165) is 69.6 Å². The Labute approximate surface area is 374 Å². The Morgan fingerprint density at radius 3 is 0.817 bits per heavy atom. The van der Waals surface area contributed by atoms with Crippen LogP contribution in [0.15, 0.2) is 0 Å². The third kappa shape index (κ3) is 47.5. The Morgan fingerprint density at radius 1 is 0.317 bits per heavy atom. The van der Waals surface area contributed by atoms with Gasteiger partial charge in [0.15, 0.2) is 6.10 Å². The maximum Gasteiger partial charge on any atom is 0.306 e. The van der Waals surface area contributed by atoms with E-state index in [4.69, 9.17) is 14.2 Å². The van der Waals surface area contributed by atoms with Gasteiger partial charge in [-0.1, -0.05) is 259 Å². The highest BCUT2D eigenvalue weighted by molar-refractivity contribution is 5.71. The second kappa shape index (κ2) is 46.9. The van der Waals surface area contributed by atoms with Gasteiger partial charge in [0.1, 0.15) is 13.2 Å². The summed E-state index contributed by atoms with van der Waals surface area (Å²) in [4.78, 5) is 37.9. The van der Waals surface area contributed by atoms with Crippen molar-refractivity contribution in [3.05, 3.63) is 0 Å². The van der Waals surface area contributed by atoms with Crippen molar-refractivity contribution in [2.24, 2.45) is 11.8 Å². The Balaban J connectivity index is 4.22. The molecule has 0 radical (unpaired) electrons. The molecule has 0 spiro atoms. The second-order valence-electron chi connectivity index (χ2n) is 19.5. The van der Waals surface area contributed by atoms with Crippen LogP contribution < -0.4 is 0 Å². The zero-order valence-corrected chi connectivity index (χ0v) is 41.1. The van der Waals surface area contributed by atoms with Gasteiger partial charge < -0.3 is 14.2 Å². The standard InChI is InChI=1S/C54H104O6/c1-6-7-8-9-10-11-12-13-14-15-19-22-25-28-34-39-44-52(55)58-47-51(60-54(57)46-41-36-31-30-33-38-43-50(4)5)48-59-53(56)45-40-35-29-26-23-20-17-16-18-21-24-27-32-37-42-49(2)3/h49-51H,6-48H2,1-5H3/t51-/m0/s1. The molecular formula is C54H104O6. The van der Waals surface area contributed by atoms with Crippen molar-refractivity contribution >= 4 is 17.9 Å². The van der Waals surface area contributed by atoms with Crippen LogP contribution in [0.3, 0.4) is 0 Å². The summed E-state index contributed by atoms with van der Waals surface area (Å²) >= 11 is 0. The van der Waals surface area contributed by atoms with Crippen molar-refractivity contribution in [3.8, 4) is 0 Å². The van der Waals surface area contributed by atoms with Gasteiger partial charge >= 0.3 is 17.9 Å². The van der Waals surface area contributed by atoms with Crippen molar-refractivity contribution in [3.63, 3.8) is 0 Å². The van der Waals surface area contributed by atoms with Crippen molar-refractivity contribution in [2.45, 2.75) is 304 Å². The van der Waals surface area contributed by atoms with E-state index in [1.54, 1.807) is 0 Å². The number of hydrogen-bond donors (Lipinski definition) is 0. The molecule has 0 saturated carbocycles. The van der Waals surface area contributed by atoms with Gasteiger partial charge in [-0.05, 0) is 31.1 Å². The first-order valence-electron chi connectivity index (χ1n) is 26.7. The molecule has 0 unspecified atom stereocenters. The Hall–Kier alpha value is -1.59. The normalized spacial score (nSPS) is 12.1.